The summed E-state index contributed by atoms with van der Waals surface area (Å²) in [6.45, 7) is 16.6. The molecule has 0 amide bonds. The van der Waals surface area contributed by atoms with Crippen LogP contribution < -0.4 is 0 Å². The SMILES string of the molecule is CCc1cc(C)c(CCCCC(C)(C)C)c(CCCCC2(C)CC2)c1C. The molecule has 0 saturated heterocycles. The minimum absolute atomic E-state index is 0.471. The number of rotatable bonds is 10. The molecular formula is C26H44. The van der Waals surface area contributed by atoms with Gasteiger partial charge in [-0.15, -0.1) is 0 Å². The minimum Gasteiger partial charge on any atom is -0.0613 e. The van der Waals surface area contributed by atoms with Gasteiger partial charge in [-0.05, 0) is 110 Å². The molecule has 2 rings (SSSR count). The average molecular weight is 357 g/mol. The molecular weight excluding hydrogens is 312 g/mol. The molecule has 0 heterocycles. The molecule has 0 atom stereocenters. The fourth-order valence-electron chi connectivity index (χ4n) is 4.44. The number of hydrogen-bond acceptors (Lipinski definition) is 0. The summed E-state index contributed by atoms with van der Waals surface area (Å²) in [4.78, 5) is 0. The largest absolute Gasteiger partial charge is 0.0613 e. The number of unbranched alkanes of at least 4 members (excludes halogenated alkanes) is 2. The highest BCUT2D eigenvalue weighted by Gasteiger charge is 2.35. The van der Waals surface area contributed by atoms with Crippen LogP contribution in [0.2, 0.25) is 0 Å². The van der Waals surface area contributed by atoms with Gasteiger partial charge in [0.05, 0.1) is 0 Å². The van der Waals surface area contributed by atoms with E-state index in [0.717, 1.165) is 0 Å². The van der Waals surface area contributed by atoms with Crippen LogP contribution in [0.3, 0.4) is 0 Å². The molecule has 0 spiro atoms. The minimum atomic E-state index is 0.471. The van der Waals surface area contributed by atoms with Crippen molar-refractivity contribution < 1.29 is 0 Å². The summed E-state index contributed by atoms with van der Waals surface area (Å²) in [7, 11) is 0. The maximum atomic E-state index is 2.48. The third-order valence-electron chi connectivity index (χ3n) is 6.71. The highest BCUT2D eigenvalue weighted by Crippen LogP contribution is 2.49. The van der Waals surface area contributed by atoms with Crippen molar-refractivity contribution in [3.63, 3.8) is 0 Å². The molecule has 0 bridgehead atoms. The molecule has 0 aliphatic heterocycles. The topological polar surface area (TPSA) is 0 Å². The molecule has 0 heteroatoms. The second-order valence-corrected chi connectivity index (χ2v) is 10.6. The maximum Gasteiger partial charge on any atom is -0.0273 e. The van der Waals surface area contributed by atoms with Gasteiger partial charge in [-0.25, -0.2) is 0 Å². The molecule has 0 N–H and O–H groups in total. The van der Waals surface area contributed by atoms with E-state index in [4.69, 9.17) is 0 Å². The van der Waals surface area contributed by atoms with E-state index in [9.17, 15) is 0 Å². The third kappa shape index (κ3) is 6.43. The van der Waals surface area contributed by atoms with Gasteiger partial charge in [0.25, 0.3) is 0 Å². The van der Waals surface area contributed by atoms with Gasteiger partial charge in [-0.1, -0.05) is 53.5 Å². The van der Waals surface area contributed by atoms with Crippen LogP contribution in [0.4, 0.5) is 0 Å². The van der Waals surface area contributed by atoms with Gasteiger partial charge < -0.3 is 0 Å². The molecule has 0 aromatic heterocycles. The molecule has 1 aliphatic carbocycles. The van der Waals surface area contributed by atoms with Gasteiger partial charge in [0.1, 0.15) is 0 Å². The van der Waals surface area contributed by atoms with Crippen LogP contribution >= 0.6 is 0 Å². The fourth-order valence-corrected chi connectivity index (χ4v) is 4.44. The molecule has 0 radical (unpaired) electrons. The quantitative estimate of drug-likeness (QED) is 0.371. The maximum absolute atomic E-state index is 2.48. The van der Waals surface area contributed by atoms with Crippen molar-refractivity contribution in [2.45, 2.75) is 119 Å². The Balaban J connectivity index is 2.02. The van der Waals surface area contributed by atoms with Crippen LogP contribution in [-0.4, -0.2) is 0 Å². The highest BCUT2D eigenvalue weighted by molar-refractivity contribution is 5.45. The monoisotopic (exact) mass is 356 g/mol. The summed E-state index contributed by atoms with van der Waals surface area (Å²) in [6.07, 6.45) is 14.9. The van der Waals surface area contributed by atoms with E-state index in [1.165, 1.54) is 70.6 Å². The molecule has 148 valence electrons. The van der Waals surface area contributed by atoms with Crippen molar-refractivity contribution >= 4 is 0 Å². The zero-order valence-corrected chi connectivity index (χ0v) is 18.9. The smallest absolute Gasteiger partial charge is 0.0273 e. The Morgan fingerprint density at radius 1 is 0.923 bits per heavy atom. The number of aryl methyl sites for hydroxylation is 2. The van der Waals surface area contributed by atoms with Crippen LogP contribution in [-0.2, 0) is 19.3 Å². The summed E-state index contributed by atoms with van der Waals surface area (Å²) < 4.78 is 0. The summed E-state index contributed by atoms with van der Waals surface area (Å²) in [6, 6.07) is 2.48. The van der Waals surface area contributed by atoms with Crippen LogP contribution in [0.1, 0.15) is 114 Å². The standard InChI is InChI=1S/C26H44/c1-8-22-19-20(2)23(13-9-11-15-25(4,5)6)24(21(22)3)14-10-12-16-26(7)17-18-26/h19H,8-18H2,1-7H3. The fraction of sp³-hybridized carbons (Fsp3) is 0.769. The zero-order valence-electron chi connectivity index (χ0n) is 18.9. The molecule has 0 nitrogen and oxygen atoms in total. The first-order valence-electron chi connectivity index (χ1n) is 11.3. The third-order valence-corrected chi connectivity index (χ3v) is 6.71. The Bertz CT molecular complexity index is 581. The lowest BCUT2D eigenvalue weighted by molar-refractivity contribution is 0.360. The molecule has 1 fully saturated rings. The Hall–Kier alpha value is -0.780. The molecule has 1 saturated carbocycles. The Labute approximate surface area is 164 Å². The van der Waals surface area contributed by atoms with Crippen LogP contribution in [0, 0.1) is 24.7 Å². The summed E-state index contributed by atoms with van der Waals surface area (Å²) >= 11 is 0. The normalized spacial score (nSPS) is 16.1. The predicted molar refractivity (Wildman–Crippen MR) is 117 cm³/mol. The van der Waals surface area contributed by atoms with Crippen LogP contribution in [0.5, 0.6) is 0 Å². The predicted octanol–water partition coefficient (Wildman–Crippen LogP) is 8.14. The van der Waals surface area contributed by atoms with E-state index in [2.05, 4.69) is 54.5 Å². The zero-order chi connectivity index (χ0) is 19.4. The number of benzene rings is 1. The molecule has 1 aromatic rings. The first-order chi connectivity index (χ1) is 12.2. The lowest BCUT2D eigenvalue weighted by Crippen LogP contribution is -2.07. The van der Waals surface area contributed by atoms with E-state index < -0.39 is 0 Å². The van der Waals surface area contributed by atoms with Gasteiger partial charge in [0, 0.05) is 0 Å². The second-order valence-electron chi connectivity index (χ2n) is 10.6. The lowest BCUT2D eigenvalue weighted by Gasteiger charge is -2.21. The average Bonchev–Trinajstić information content (AvgIpc) is 3.29. The van der Waals surface area contributed by atoms with E-state index in [-0.39, 0.29) is 0 Å². The van der Waals surface area contributed by atoms with Crippen molar-refractivity contribution in [1.29, 1.82) is 0 Å². The summed E-state index contributed by atoms with van der Waals surface area (Å²) in [5, 5.41) is 0. The lowest BCUT2D eigenvalue weighted by atomic mass is 9.85. The van der Waals surface area contributed by atoms with Crippen molar-refractivity contribution in [2.24, 2.45) is 10.8 Å². The number of hydrogen-bond donors (Lipinski definition) is 0. The van der Waals surface area contributed by atoms with Crippen molar-refractivity contribution in [3.05, 3.63) is 33.9 Å². The van der Waals surface area contributed by atoms with Crippen LogP contribution in [0.15, 0.2) is 6.07 Å². The second kappa shape index (κ2) is 8.94. The highest BCUT2D eigenvalue weighted by atomic mass is 14.4. The van der Waals surface area contributed by atoms with E-state index in [1.807, 2.05) is 0 Å². The van der Waals surface area contributed by atoms with Gasteiger partial charge in [0.15, 0.2) is 0 Å². The van der Waals surface area contributed by atoms with E-state index in [1.54, 1.807) is 27.8 Å². The Kier molecular flexibility index (Phi) is 7.40. The van der Waals surface area contributed by atoms with Crippen molar-refractivity contribution in [1.82, 2.24) is 0 Å². The van der Waals surface area contributed by atoms with Gasteiger partial charge in [-0.2, -0.15) is 0 Å². The molecule has 26 heavy (non-hydrogen) atoms. The van der Waals surface area contributed by atoms with Crippen molar-refractivity contribution in [2.75, 3.05) is 0 Å². The Morgan fingerprint density at radius 3 is 2.12 bits per heavy atom. The summed E-state index contributed by atoms with van der Waals surface area (Å²) in [5.74, 6) is 0. The van der Waals surface area contributed by atoms with Gasteiger partial charge >= 0.3 is 0 Å². The Morgan fingerprint density at radius 2 is 1.54 bits per heavy atom. The van der Waals surface area contributed by atoms with Crippen molar-refractivity contribution in [3.8, 4) is 0 Å². The summed E-state index contributed by atoms with van der Waals surface area (Å²) in [5.41, 5.74) is 9.30. The molecule has 1 aromatic carbocycles. The van der Waals surface area contributed by atoms with E-state index >= 15 is 0 Å². The first-order valence-corrected chi connectivity index (χ1v) is 11.3. The van der Waals surface area contributed by atoms with E-state index in [0.29, 0.717) is 10.8 Å². The van der Waals surface area contributed by atoms with Gasteiger partial charge in [0.2, 0.25) is 0 Å². The van der Waals surface area contributed by atoms with Crippen LogP contribution in [0.25, 0.3) is 0 Å². The molecule has 1 aliphatic rings. The first kappa shape index (κ1) is 21.5. The molecule has 0 unspecified atom stereocenters. The van der Waals surface area contributed by atoms with Gasteiger partial charge in [-0.3, -0.25) is 0 Å².